The number of phenolic OH excluding ortho intramolecular Hbond substituents is 2. The summed E-state index contributed by atoms with van der Waals surface area (Å²) in [5.74, 6) is -25.5. The van der Waals surface area contributed by atoms with Crippen LogP contribution in [0.5, 0.6) is 11.5 Å². The number of phenols is 2. The molecular weight excluding hydrogens is 1700 g/mol. The molecule has 0 radical (unpaired) electrons. The number of amides is 15. The zero-order valence-electron chi connectivity index (χ0n) is 71.6. The van der Waals surface area contributed by atoms with Crippen molar-refractivity contribution in [1.29, 1.82) is 0 Å². The molecule has 3 saturated heterocycles. The third kappa shape index (κ3) is 31.0. The molecule has 7 rings (SSSR count). The fourth-order valence-corrected chi connectivity index (χ4v) is 15.0. The number of aromatic hydroxyl groups is 2. The SMILES string of the molecule is CC[C@H](C)[C@H](NC(=O)[C@H](Cc1ccc(O)cc1)NC(=O)[C@@H]1CCCN1C(=O)[C@H](CO)NC(=O)[C@H](CC(=O)O)NC(=O)[C@@H]1CCCN1)C(=O)N[C@@H](CCC(=O)O)C(=O)N[C@@H](C)C(=O)N[C@@H](CCC(=O)O)C(=O)N[C@@H](CC(N)=O)C(=O)N1CCC[C@H]1C(=O)N[C@@H](CC(C)C)C(=O)N[C@@H](Cc1ccc(O)cc1)C(=O)N[C@@H](CC(=O)O)C(=O)N[C@@H](Cc1c[nH]c2ccccc12)C(=O)O. The molecule has 3 aliphatic rings. The normalized spacial score (nSPS) is 17.7. The summed E-state index contributed by atoms with van der Waals surface area (Å²) in [6, 6.07) is -7.01. The zero-order valence-corrected chi connectivity index (χ0v) is 71.6. The Morgan fingerprint density at radius 3 is 1.37 bits per heavy atom. The molecule has 4 heterocycles. The topological polar surface area (TPSA) is 708 Å². The first kappa shape index (κ1) is 102. The first-order chi connectivity index (χ1) is 61.0. The molecule has 3 aromatic carbocycles. The van der Waals surface area contributed by atoms with E-state index < -0.39 is 279 Å². The molecule has 3 fully saturated rings. The number of aliphatic hydroxyl groups excluding tert-OH is 1. The molecular formula is C84H113N17O28. The minimum absolute atomic E-state index is 0.0265. The van der Waals surface area contributed by atoms with Crippen molar-refractivity contribution in [3.8, 4) is 11.5 Å². The van der Waals surface area contributed by atoms with Gasteiger partial charge in [-0.25, -0.2) is 4.79 Å². The lowest BCUT2D eigenvalue weighted by Gasteiger charge is -2.31. The summed E-state index contributed by atoms with van der Waals surface area (Å²) in [4.78, 5) is 278. The van der Waals surface area contributed by atoms with Crippen LogP contribution >= 0.6 is 0 Å². The van der Waals surface area contributed by atoms with E-state index in [0.29, 0.717) is 47.0 Å². The molecule has 24 N–H and O–H groups in total. The number of H-pyrrole nitrogens is 1. The summed E-state index contributed by atoms with van der Waals surface area (Å²) in [6.45, 7) is 6.64. The highest BCUT2D eigenvalue weighted by Gasteiger charge is 2.45. The van der Waals surface area contributed by atoms with Crippen LogP contribution in [0.1, 0.15) is 148 Å². The van der Waals surface area contributed by atoms with Gasteiger partial charge in [0.15, 0.2) is 0 Å². The second-order valence-electron chi connectivity index (χ2n) is 32.4. The number of aliphatic hydroxyl groups is 1. The van der Waals surface area contributed by atoms with Crippen molar-refractivity contribution in [3.63, 3.8) is 0 Å². The number of carboxylic acid groups (broad SMARTS) is 5. The van der Waals surface area contributed by atoms with E-state index in [1.807, 2.05) is 0 Å². The summed E-state index contributed by atoms with van der Waals surface area (Å²) in [7, 11) is 0. The van der Waals surface area contributed by atoms with Crippen LogP contribution in [0, 0.1) is 11.8 Å². The molecule has 0 bridgehead atoms. The van der Waals surface area contributed by atoms with Gasteiger partial charge < -0.3 is 130 Å². The Hall–Kier alpha value is -13.9. The number of likely N-dealkylation sites (tertiary alicyclic amines) is 2. The number of hydrogen-bond acceptors (Lipinski definition) is 24. The van der Waals surface area contributed by atoms with Crippen LogP contribution in [0.2, 0.25) is 0 Å². The van der Waals surface area contributed by atoms with Gasteiger partial charge in [-0.15, -0.1) is 0 Å². The molecule has 3 aliphatic heterocycles. The number of aromatic nitrogens is 1. The van der Waals surface area contributed by atoms with Crippen molar-refractivity contribution in [1.82, 2.24) is 83.9 Å². The summed E-state index contributed by atoms with van der Waals surface area (Å²) < 4.78 is 0. The Labute approximate surface area is 738 Å². The predicted octanol–water partition coefficient (Wildman–Crippen LogP) is -4.10. The van der Waals surface area contributed by atoms with Gasteiger partial charge in [0.05, 0.1) is 31.9 Å². The highest BCUT2D eigenvalue weighted by Crippen LogP contribution is 2.25. The second kappa shape index (κ2) is 48.7. The van der Waals surface area contributed by atoms with Crippen molar-refractivity contribution < 1.29 is 137 Å². The monoisotopic (exact) mass is 1810 g/mol. The van der Waals surface area contributed by atoms with E-state index in [9.17, 15) is 137 Å². The highest BCUT2D eigenvalue weighted by molar-refractivity contribution is 6.02. The predicted molar refractivity (Wildman–Crippen MR) is 451 cm³/mol. The summed E-state index contributed by atoms with van der Waals surface area (Å²) in [5.41, 5.74) is 7.39. The average molecular weight is 1810 g/mol. The fourth-order valence-electron chi connectivity index (χ4n) is 15.0. The first-order valence-corrected chi connectivity index (χ1v) is 42.1. The van der Waals surface area contributed by atoms with E-state index in [4.69, 9.17) is 5.73 Å². The molecule has 0 saturated carbocycles. The quantitative estimate of drug-likeness (QED) is 0.0200. The third-order valence-electron chi connectivity index (χ3n) is 22.1. The molecule has 4 aromatic rings. The maximum absolute atomic E-state index is 14.7. The van der Waals surface area contributed by atoms with Crippen LogP contribution < -0.4 is 74.9 Å². The van der Waals surface area contributed by atoms with Crippen molar-refractivity contribution in [2.24, 2.45) is 17.6 Å². The number of nitrogens with zero attached hydrogens (tertiary/aromatic N) is 2. The number of benzene rings is 3. The number of carbonyl (C=O) groups excluding carboxylic acids is 15. The Morgan fingerprint density at radius 2 is 0.876 bits per heavy atom. The molecule has 0 aliphatic carbocycles. The molecule has 1 aromatic heterocycles. The van der Waals surface area contributed by atoms with Gasteiger partial charge in [-0.05, 0) is 130 Å². The Balaban J connectivity index is 1.03. The van der Waals surface area contributed by atoms with Crippen LogP contribution in [0.4, 0.5) is 0 Å². The van der Waals surface area contributed by atoms with E-state index in [-0.39, 0.29) is 76.0 Å². The largest absolute Gasteiger partial charge is 0.508 e. The number of aliphatic carboxylic acids is 5. The summed E-state index contributed by atoms with van der Waals surface area (Å²) >= 11 is 0. The van der Waals surface area contributed by atoms with Crippen LogP contribution in [0.25, 0.3) is 10.9 Å². The van der Waals surface area contributed by atoms with Crippen molar-refractivity contribution in [3.05, 3.63) is 95.7 Å². The number of hydrogen-bond donors (Lipinski definition) is 23. The summed E-state index contributed by atoms with van der Waals surface area (Å²) in [6.07, 6.45) is -4.33. The van der Waals surface area contributed by atoms with Gasteiger partial charge in [-0.2, -0.15) is 0 Å². The number of aromatic amines is 1. The molecule has 15 amide bonds. The second-order valence-corrected chi connectivity index (χ2v) is 32.4. The van der Waals surface area contributed by atoms with Crippen molar-refractivity contribution >= 4 is 129 Å². The van der Waals surface area contributed by atoms with Crippen molar-refractivity contribution in [2.45, 2.75) is 241 Å². The standard InChI is InChI=1S/C84H113N17O28/c1-6-42(4)69(99-78(122)56(34-45-19-23-48(104)24-20-45)95-80(124)63-16-11-31-101(63)83(127)61(40-102)98-77(121)58(38-68(112)113)92-71(115)51-14-9-29-86-51)81(125)90-52(25-27-65(106)107)72(116)88-43(5)70(114)89-53(26-28-66(108)109)73(117)96-59(36-64(85)105)82(126)100-30-10-15-62(100)79(123)94-54(32-41(2)3)74(118)91-55(33-44-17-21-47(103)22-18-44)75(119)93-57(37-67(110)111)76(120)97-60(84(128)129)35-46-39-87-50-13-8-7-12-49(46)50/h7-8,12-13,17-24,39,41-43,51-63,69,86-87,102-104H,6,9-11,14-16,25-38,40H2,1-5H3,(H2,85,105)(H,88,116)(H,89,114)(H,90,125)(H,91,118)(H,92,115)(H,93,119)(H,94,123)(H,95,124)(H,96,117)(H,97,120)(H,98,121)(H,99,122)(H,106,107)(H,108,109)(H,110,111)(H,112,113)(H,128,129)/t42-,43-,51-,52-,53-,54-,55-,56-,57-,58-,59-,60-,61-,62-,63-,69-/m0/s1. The van der Waals surface area contributed by atoms with E-state index >= 15 is 0 Å². The lowest BCUT2D eigenvalue weighted by Crippen LogP contribution is -2.61. The van der Waals surface area contributed by atoms with E-state index in [0.717, 1.165) is 16.7 Å². The number of primary amides is 1. The molecule has 45 heteroatoms. The smallest absolute Gasteiger partial charge is 0.326 e. The van der Waals surface area contributed by atoms with Gasteiger partial charge in [0.25, 0.3) is 0 Å². The van der Waals surface area contributed by atoms with Crippen LogP contribution in [-0.2, 0) is 115 Å². The first-order valence-electron chi connectivity index (χ1n) is 42.1. The van der Waals surface area contributed by atoms with Gasteiger partial charge in [-0.1, -0.05) is 76.6 Å². The molecule has 45 nitrogen and oxygen atoms in total. The van der Waals surface area contributed by atoms with Crippen molar-refractivity contribution in [2.75, 3.05) is 26.2 Å². The maximum atomic E-state index is 14.7. The van der Waals surface area contributed by atoms with Crippen LogP contribution in [0.15, 0.2) is 79.0 Å². The van der Waals surface area contributed by atoms with Crippen LogP contribution in [0.3, 0.4) is 0 Å². The Bertz CT molecular complexity index is 4750. The number of fused-ring (bicyclic) bond motifs is 1. The summed E-state index contributed by atoms with van der Waals surface area (Å²) in [5, 5.41) is 112. The average Bonchev–Trinajstić information content (AvgIpc) is 1.73. The minimum Gasteiger partial charge on any atom is -0.508 e. The third-order valence-corrected chi connectivity index (χ3v) is 22.1. The number of carboxylic acids is 5. The molecule has 16 atom stereocenters. The van der Waals surface area contributed by atoms with Gasteiger partial charge in [0.1, 0.15) is 96.1 Å². The molecule has 0 unspecified atom stereocenters. The van der Waals surface area contributed by atoms with E-state index in [1.54, 1.807) is 45.0 Å². The number of nitrogens with one attached hydrogen (secondary N) is 14. The number of rotatable bonds is 50. The highest BCUT2D eigenvalue weighted by atomic mass is 16.4. The van der Waals surface area contributed by atoms with E-state index in [2.05, 4.69) is 74.1 Å². The van der Waals surface area contributed by atoms with Gasteiger partial charge >= 0.3 is 29.8 Å². The van der Waals surface area contributed by atoms with E-state index in [1.165, 1.54) is 61.7 Å². The lowest BCUT2D eigenvalue weighted by atomic mass is 9.96. The molecule has 0 spiro atoms. The zero-order chi connectivity index (χ0) is 95.2. The number of carbonyl (C=O) groups is 20. The van der Waals surface area contributed by atoms with Gasteiger partial charge in [0, 0.05) is 62.3 Å². The maximum Gasteiger partial charge on any atom is 0.326 e. The Kier molecular flexibility index (Phi) is 38.6. The number of para-hydroxylation sites is 1. The number of nitrogens with two attached hydrogens (primary N) is 1. The fraction of sp³-hybridized carbons (Fsp3) is 0.524. The molecule has 129 heavy (non-hydrogen) atoms. The molecule has 702 valence electrons. The van der Waals surface area contributed by atoms with Crippen LogP contribution in [-0.4, -0.2) is 291 Å². The minimum atomic E-state index is -1.96. The lowest BCUT2D eigenvalue weighted by molar-refractivity contribution is -0.144. The van der Waals surface area contributed by atoms with Gasteiger partial charge in [0.2, 0.25) is 88.6 Å². The van der Waals surface area contributed by atoms with Gasteiger partial charge in [-0.3, -0.25) is 91.1 Å². The Morgan fingerprint density at radius 1 is 0.442 bits per heavy atom.